The molecule has 0 unspecified atom stereocenters. The molecule has 1 aromatic carbocycles. The zero-order chi connectivity index (χ0) is 18.3. The number of carbonyl (C=O) groups is 1. The van der Waals surface area contributed by atoms with Crippen LogP contribution in [0.25, 0.3) is 0 Å². The number of hydrogen-bond donors (Lipinski definition) is 0. The summed E-state index contributed by atoms with van der Waals surface area (Å²) in [5, 5.41) is 0.278. The lowest BCUT2D eigenvalue weighted by atomic mass is 9.34. The molecule has 3 saturated carbocycles. The highest BCUT2D eigenvalue weighted by atomic mass is 28.4. The van der Waals surface area contributed by atoms with Crippen molar-refractivity contribution >= 4 is 14.3 Å². The summed E-state index contributed by atoms with van der Waals surface area (Å²) >= 11 is 0. The van der Waals surface area contributed by atoms with Gasteiger partial charge in [0, 0.05) is 6.61 Å². The van der Waals surface area contributed by atoms with Crippen LogP contribution in [0, 0.1) is 10.8 Å². The molecular weight excluding hydrogens is 328 g/mol. The number of ether oxygens (including phenoxy) is 1. The molecular formula is C21H32O3Si. The van der Waals surface area contributed by atoms with Gasteiger partial charge in [-0.05, 0) is 66.8 Å². The summed E-state index contributed by atoms with van der Waals surface area (Å²) < 4.78 is 11.9. The number of hydrogen-bond acceptors (Lipinski definition) is 3. The summed E-state index contributed by atoms with van der Waals surface area (Å²) in [6, 6.07) is 9.24. The Labute approximate surface area is 153 Å². The van der Waals surface area contributed by atoms with Crippen LogP contribution in [-0.4, -0.2) is 27.5 Å². The van der Waals surface area contributed by atoms with Crippen LogP contribution >= 0.6 is 0 Å². The molecule has 0 spiro atoms. The van der Waals surface area contributed by atoms with Crippen LogP contribution in [0.3, 0.4) is 0 Å². The van der Waals surface area contributed by atoms with Gasteiger partial charge in [-0.1, -0.05) is 39.0 Å². The number of benzene rings is 1. The number of esters is 1. The summed E-state index contributed by atoms with van der Waals surface area (Å²) in [5.41, 5.74) is 1.49. The van der Waals surface area contributed by atoms with Crippen molar-refractivity contribution in [3.8, 4) is 0 Å². The summed E-state index contributed by atoms with van der Waals surface area (Å²) in [6.07, 6.45) is 4.74. The third-order valence-electron chi connectivity index (χ3n) is 6.67. The molecule has 0 atom stereocenters. The molecule has 0 aliphatic heterocycles. The Bertz CT molecular complexity index is 611. The third-order valence-corrected chi connectivity index (χ3v) is 11.1. The van der Waals surface area contributed by atoms with Gasteiger partial charge in [0.1, 0.15) is 0 Å². The van der Waals surface area contributed by atoms with E-state index in [0.717, 1.165) is 13.0 Å². The van der Waals surface area contributed by atoms with Gasteiger partial charge in [-0.25, -0.2) is 4.79 Å². The molecule has 3 fully saturated rings. The number of carbonyl (C=O) groups excluding carboxylic acids is 1. The first-order chi connectivity index (χ1) is 11.6. The molecule has 0 amide bonds. The zero-order valence-electron chi connectivity index (χ0n) is 16.4. The maximum absolute atomic E-state index is 12.0. The lowest BCUT2D eigenvalue weighted by Gasteiger charge is -2.71. The van der Waals surface area contributed by atoms with Crippen molar-refractivity contribution in [2.45, 2.75) is 64.6 Å². The van der Waals surface area contributed by atoms with E-state index in [0.29, 0.717) is 23.0 Å². The van der Waals surface area contributed by atoms with Crippen LogP contribution in [0.1, 0.15) is 56.8 Å². The molecule has 138 valence electrons. The van der Waals surface area contributed by atoms with Gasteiger partial charge in [-0.2, -0.15) is 0 Å². The highest BCUT2D eigenvalue weighted by Crippen LogP contribution is 2.75. The quantitative estimate of drug-likeness (QED) is 0.481. The predicted molar refractivity (Wildman–Crippen MR) is 103 cm³/mol. The minimum atomic E-state index is -1.64. The summed E-state index contributed by atoms with van der Waals surface area (Å²) in [4.78, 5) is 12.0. The van der Waals surface area contributed by atoms with Crippen molar-refractivity contribution in [2.24, 2.45) is 10.8 Å². The van der Waals surface area contributed by atoms with Crippen molar-refractivity contribution in [3.05, 3.63) is 35.9 Å². The maximum Gasteiger partial charge on any atom is 0.338 e. The van der Waals surface area contributed by atoms with Crippen molar-refractivity contribution in [1.29, 1.82) is 0 Å². The highest BCUT2D eigenvalue weighted by molar-refractivity contribution is 6.74. The van der Waals surface area contributed by atoms with Crippen LogP contribution in [0.2, 0.25) is 18.1 Å². The van der Waals surface area contributed by atoms with Crippen molar-refractivity contribution in [3.63, 3.8) is 0 Å². The molecule has 3 nitrogen and oxygen atoms in total. The number of rotatable bonds is 7. The Morgan fingerprint density at radius 1 is 1.08 bits per heavy atom. The fraction of sp³-hybridized carbons (Fsp3) is 0.667. The molecule has 0 aromatic heterocycles. The molecule has 0 radical (unpaired) electrons. The summed E-state index contributed by atoms with van der Waals surface area (Å²) in [5.74, 6) is -0.205. The van der Waals surface area contributed by atoms with E-state index in [1.54, 1.807) is 12.1 Å². The van der Waals surface area contributed by atoms with Gasteiger partial charge >= 0.3 is 5.97 Å². The normalized spacial score (nSPS) is 28.0. The first-order valence-corrected chi connectivity index (χ1v) is 12.3. The van der Waals surface area contributed by atoms with Gasteiger partial charge in [-0.3, -0.25) is 0 Å². The smallest absolute Gasteiger partial charge is 0.338 e. The van der Waals surface area contributed by atoms with Gasteiger partial charge in [0.15, 0.2) is 8.32 Å². The first kappa shape index (κ1) is 18.7. The zero-order valence-corrected chi connectivity index (χ0v) is 17.4. The molecule has 0 heterocycles. The molecule has 1 aromatic rings. The average molecular weight is 361 g/mol. The second-order valence-corrected chi connectivity index (χ2v) is 14.6. The van der Waals surface area contributed by atoms with Crippen LogP contribution < -0.4 is 0 Å². The SMILES string of the molecule is CC(C)(C)[Si](C)(C)OCC12CC(CCOC(=O)c3ccccc3)(C1)C2. The van der Waals surface area contributed by atoms with E-state index >= 15 is 0 Å². The Balaban J connectivity index is 1.38. The Morgan fingerprint density at radius 3 is 2.24 bits per heavy atom. The first-order valence-electron chi connectivity index (χ1n) is 9.43. The second kappa shape index (κ2) is 6.24. The van der Waals surface area contributed by atoms with Crippen LogP contribution in [0.15, 0.2) is 30.3 Å². The van der Waals surface area contributed by atoms with Gasteiger partial charge < -0.3 is 9.16 Å². The standard InChI is InChI=1S/C21H32O3Si/c1-19(2,3)25(4,5)24-16-21-13-20(14-21,15-21)11-12-23-18(22)17-9-7-6-8-10-17/h6-10H,11-16H2,1-5H3. The van der Waals surface area contributed by atoms with E-state index in [-0.39, 0.29) is 11.0 Å². The largest absolute Gasteiger partial charge is 0.462 e. The molecule has 0 saturated heterocycles. The molecule has 2 bridgehead atoms. The van der Waals surface area contributed by atoms with E-state index in [1.165, 1.54) is 19.3 Å². The Kier molecular flexibility index (Phi) is 4.65. The highest BCUT2D eigenvalue weighted by Gasteiger charge is 2.67. The minimum Gasteiger partial charge on any atom is -0.462 e. The topological polar surface area (TPSA) is 35.5 Å². The molecule has 4 rings (SSSR count). The van der Waals surface area contributed by atoms with Gasteiger partial charge in [0.2, 0.25) is 0 Å². The van der Waals surface area contributed by atoms with Crippen LogP contribution in [0.5, 0.6) is 0 Å². The van der Waals surface area contributed by atoms with Crippen LogP contribution in [-0.2, 0) is 9.16 Å². The fourth-order valence-electron chi connectivity index (χ4n) is 4.22. The summed E-state index contributed by atoms with van der Waals surface area (Å²) in [6.45, 7) is 13.0. The monoisotopic (exact) mass is 360 g/mol. The fourth-order valence-corrected chi connectivity index (χ4v) is 5.32. The molecule has 25 heavy (non-hydrogen) atoms. The summed E-state index contributed by atoms with van der Waals surface area (Å²) in [7, 11) is -1.64. The van der Waals surface area contributed by atoms with Crippen molar-refractivity contribution in [2.75, 3.05) is 13.2 Å². The predicted octanol–water partition coefficient (Wildman–Crippen LogP) is 5.43. The molecule has 3 aliphatic carbocycles. The van der Waals surface area contributed by atoms with E-state index in [2.05, 4.69) is 33.9 Å². The van der Waals surface area contributed by atoms with E-state index in [9.17, 15) is 4.79 Å². The van der Waals surface area contributed by atoms with Gasteiger partial charge in [-0.15, -0.1) is 0 Å². The van der Waals surface area contributed by atoms with E-state index in [1.807, 2.05) is 18.2 Å². The van der Waals surface area contributed by atoms with Gasteiger partial charge in [0.05, 0.1) is 12.2 Å². The Hall–Kier alpha value is -1.13. The van der Waals surface area contributed by atoms with Crippen LogP contribution in [0.4, 0.5) is 0 Å². The second-order valence-electron chi connectivity index (χ2n) is 9.83. The molecule has 3 aliphatic rings. The van der Waals surface area contributed by atoms with Gasteiger partial charge in [0.25, 0.3) is 0 Å². The lowest BCUT2D eigenvalue weighted by Crippen LogP contribution is -2.64. The third kappa shape index (κ3) is 3.70. The van der Waals surface area contributed by atoms with Crippen molar-refractivity contribution in [1.82, 2.24) is 0 Å². The lowest BCUT2D eigenvalue weighted by molar-refractivity contribution is -0.227. The maximum atomic E-state index is 12.0. The van der Waals surface area contributed by atoms with E-state index in [4.69, 9.17) is 9.16 Å². The van der Waals surface area contributed by atoms with Crippen molar-refractivity contribution < 1.29 is 14.0 Å². The average Bonchev–Trinajstić information content (AvgIpc) is 2.47. The molecule has 0 N–H and O–H groups in total. The van der Waals surface area contributed by atoms with E-state index < -0.39 is 8.32 Å². The Morgan fingerprint density at radius 2 is 1.68 bits per heavy atom. The minimum absolute atomic E-state index is 0.205. The molecule has 4 heteroatoms.